The van der Waals surface area contributed by atoms with E-state index in [1.54, 1.807) is 7.05 Å². The molecule has 0 bridgehead atoms. The van der Waals surface area contributed by atoms with E-state index in [0.717, 1.165) is 0 Å². The van der Waals surface area contributed by atoms with Gasteiger partial charge in [-0.15, -0.1) is 0 Å². The van der Waals surface area contributed by atoms with E-state index in [4.69, 9.17) is 0 Å². The van der Waals surface area contributed by atoms with E-state index in [0.29, 0.717) is 5.92 Å². The van der Waals surface area contributed by atoms with Crippen LogP contribution in [0, 0.1) is 0 Å². The number of hydrogen-bond donors (Lipinski definition) is 2. The lowest BCUT2D eigenvalue weighted by Gasteiger charge is -2.14. The van der Waals surface area contributed by atoms with Crippen LogP contribution in [0.1, 0.15) is 18.4 Å². The fourth-order valence-electron chi connectivity index (χ4n) is 2.31. The summed E-state index contributed by atoms with van der Waals surface area (Å²) in [6.45, 7) is 9.82. The standard InChI is InChI=1S/C20H20.CH6N2/c1-4-9-17(5-2)16(3)18-12-14-20(15-13-18)19-10-7-6-8-11-19;1-3-2/h4-16H,1-2H2,3H3;3H,2H2,1H3/b17-9+;. The molecule has 2 aromatic rings. The number of allylic oxidation sites excluding steroid dienone is 4. The van der Waals surface area contributed by atoms with E-state index in [1.165, 1.54) is 22.3 Å². The lowest BCUT2D eigenvalue weighted by atomic mass is 9.91. The van der Waals surface area contributed by atoms with Crippen LogP contribution in [0.5, 0.6) is 0 Å². The Hall–Kier alpha value is -2.42. The number of hydrogen-bond acceptors (Lipinski definition) is 2. The predicted octanol–water partition coefficient (Wildman–Crippen LogP) is 4.84. The van der Waals surface area contributed by atoms with Crippen LogP contribution >= 0.6 is 0 Å². The molecule has 1 unspecified atom stereocenters. The van der Waals surface area contributed by atoms with Gasteiger partial charge in [-0.3, -0.25) is 11.3 Å². The Morgan fingerprint density at radius 1 is 1.00 bits per heavy atom. The van der Waals surface area contributed by atoms with Crippen molar-refractivity contribution < 1.29 is 0 Å². The third kappa shape index (κ3) is 5.70. The Balaban J connectivity index is 0.000000816. The number of benzene rings is 2. The summed E-state index contributed by atoms with van der Waals surface area (Å²) in [5.74, 6) is 4.93. The summed E-state index contributed by atoms with van der Waals surface area (Å²) >= 11 is 0. The molecule has 0 spiro atoms. The number of nitrogens with one attached hydrogen (secondary N) is 1. The molecule has 23 heavy (non-hydrogen) atoms. The minimum atomic E-state index is 0.329. The van der Waals surface area contributed by atoms with Gasteiger partial charge in [-0.25, -0.2) is 0 Å². The van der Waals surface area contributed by atoms with Crippen molar-refractivity contribution >= 4 is 0 Å². The first-order valence-corrected chi connectivity index (χ1v) is 7.65. The van der Waals surface area contributed by atoms with Gasteiger partial charge >= 0.3 is 0 Å². The maximum absolute atomic E-state index is 4.60. The zero-order chi connectivity index (χ0) is 17.1. The van der Waals surface area contributed by atoms with Gasteiger partial charge in [0, 0.05) is 5.92 Å². The van der Waals surface area contributed by atoms with Crippen LogP contribution in [0.15, 0.2) is 91.6 Å². The third-order valence-electron chi connectivity index (χ3n) is 3.56. The van der Waals surface area contributed by atoms with Gasteiger partial charge in [0.25, 0.3) is 0 Å². The van der Waals surface area contributed by atoms with Gasteiger partial charge in [0.1, 0.15) is 0 Å². The van der Waals surface area contributed by atoms with Crippen LogP contribution in [0.3, 0.4) is 0 Å². The normalized spacial score (nSPS) is 11.9. The molecule has 1 atom stereocenters. The first-order valence-electron chi connectivity index (χ1n) is 7.65. The van der Waals surface area contributed by atoms with Crippen molar-refractivity contribution in [3.05, 3.63) is 97.1 Å². The smallest absolute Gasteiger partial charge is 0.00607 e. The van der Waals surface area contributed by atoms with Gasteiger partial charge in [0.05, 0.1) is 0 Å². The molecular formula is C21H26N2. The van der Waals surface area contributed by atoms with E-state index in [1.807, 2.05) is 24.3 Å². The molecule has 0 saturated heterocycles. The van der Waals surface area contributed by atoms with E-state index < -0.39 is 0 Å². The molecule has 2 rings (SSSR count). The van der Waals surface area contributed by atoms with E-state index in [9.17, 15) is 0 Å². The Labute approximate surface area is 140 Å². The van der Waals surface area contributed by atoms with Crippen molar-refractivity contribution in [2.24, 2.45) is 5.84 Å². The lowest BCUT2D eigenvalue weighted by Crippen LogP contribution is -2.13. The summed E-state index contributed by atoms with van der Waals surface area (Å²) < 4.78 is 0. The van der Waals surface area contributed by atoms with Crippen molar-refractivity contribution in [3.63, 3.8) is 0 Å². The minimum Gasteiger partial charge on any atom is -0.272 e. The van der Waals surface area contributed by atoms with Crippen LogP contribution in [0.2, 0.25) is 0 Å². The molecule has 3 N–H and O–H groups in total. The molecule has 0 aliphatic heterocycles. The zero-order valence-corrected chi connectivity index (χ0v) is 14.0. The molecule has 0 heterocycles. The van der Waals surface area contributed by atoms with Gasteiger partial charge in [0.2, 0.25) is 0 Å². The topological polar surface area (TPSA) is 38.0 Å². The van der Waals surface area contributed by atoms with E-state index in [-0.39, 0.29) is 0 Å². The molecule has 0 radical (unpaired) electrons. The Morgan fingerprint density at radius 3 is 2.00 bits per heavy atom. The fourth-order valence-corrected chi connectivity index (χ4v) is 2.31. The monoisotopic (exact) mass is 306 g/mol. The Bertz CT molecular complexity index is 625. The SMILES string of the molecule is C=C/C=C(\C=C)C(C)c1ccc(-c2ccccc2)cc1.CNN. The van der Waals surface area contributed by atoms with Crippen molar-refractivity contribution in [3.8, 4) is 11.1 Å². The minimum absolute atomic E-state index is 0.329. The van der Waals surface area contributed by atoms with Gasteiger partial charge < -0.3 is 0 Å². The first kappa shape index (κ1) is 18.6. The van der Waals surface area contributed by atoms with Crippen LogP contribution in [0.25, 0.3) is 11.1 Å². The van der Waals surface area contributed by atoms with Crippen LogP contribution < -0.4 is 11.3 Å². The molecular weight excluding hydrogens is 280 g/mol. The number of nitrogens with two attached hydrogens (primary N) is 1. The van der Waals surface area contributed by atoms with E-state index in [2.05, 4.69) is 79.9 Å². The first-order chi connectivity index (χ1) is 11.2. The van der Waals surface area contributed by atoms with Crippen molar-refractivity contribution in [1.29, 1.82) is 0 Å². The molecule has 2 nitrogen and oxygen atoms in total. The number of rotatable bonds is 5. The molecule has 120 valence electrons. The summed E-state index contributed by atoms with van der Waals surface area (Å²) in [4.78, 5) is 0. The van der Waals surface area contributed by atoms with Crippen molar-refractivity contribution in [1.82, 2.24) is 5.43 Å². The number of hydrazine groups is 1. The summed E-state index contributed by atoms with van der Waals surface area (Å²) in [5, 5.41) is 0. The van der Waals surface area contributed by atoms with Gasteiger partial charge in [0.15, 0.2) is 0 Å². The Kier molecular flexibility index (Phi) is 8.37. The second-order valence-corrected chi connectivity index (χ2v) is 5.10. The van der Waals surface area contributed by atoms with Crippen LogP contribution in [-0.4, -0.2) is 7.05 Å². The summed E-state index contributed by atoms with van der Waals surface area (Å²) in [5.41, 5.74) is 7.22. The zero-order valence-electron chi connectivity index (χ0n) is 14.0. The summed E-state index contributed by atoms with van der Waals surface area (Å²) in [6.07, 6.45) is 5.73. The van der Waals surface area contributed by atoms with Crippen LogP contribution in [0.4, 0.5) is 0 Å². The van der Waals surface area contributed by atoms with Gasteiger partial charge in [-0.05, 0) is 29.3 Å². The fraction of sp³-hybridized carbons (Fsp3) is 0.143. The summed E-state index contributed by atoms with van der Waals surface area (Å²) in [7, 11) is 1.65. The predicted molar refractivity (Wildman–Crippen MR) is 102 cm³/mol. The highest BCUT2D eigenvalue weighted by atomic mass is 15.2. The molecule has 0 saturated carbocycles. The second-order valence-electron chi connectivity index (χ2n) is 5.10. The molecule has 2 aromatic carbocycles. The second kappa shape index (κ2) is 10.3. The molecule has 0 aromatic heterocycles. The molecule has 2 heteroatoms. The maximum atomic E-state index is 4.60. The molecule has 0 aliphatic rings. The lowest BCUT2D eigenvalue weighted by molar-refractivity contribution is 0.900. The highest BCUT2D eigenvalue weighted by molar-refractivity contribution is 5.63. The largest absolute Gasteiger partial charge is 0.272 e. The van der Waals surface area contributed by atoms with Crippen molar-refractivity contribution in [2.75, 3.05) is 7.05 Å². The molecule has 0 aliphatic carbocycles. The van der Waals surface area contributed by atoms with Crippen LogP contribution in [-0.2, 0) is 0 Å². The highest BCUT2D eigenvalue weighted by Crippen LogP contribution is 2.27. The molecule has 0 fully saturated rings. The van der Waals surface area contributed by atoms with Gasteiger partial charge in [-0.2, -0.15) is 0 Å². The highest BCUT2D eigenvalue weighted by Gasteiger charge is 2.08. The third-order valence-corrected chi connectivity index (χ3v) is 3.56. The van der Waals surface area contributed by atoms with E-state index >= 15 is 0 Å². The molecule has 0 amide bonds. The van der Waals surface area contributed by atoms with Crippen molar-refractivity contribution in [2.45, 2.75) is 12.8 Å². The Morgan fingerprint density at radius 2 is 1.52 bits per heavy atom. The quantitative estimate of drug-likeness (QED) is 0.471. The summed E-state index contributed by atoms with van der Waals surface area (Å²) in [6, 6.07) is 19.2. The average Bonchev–Trinajstić information content (AvgIpc) is 2.61. The average molecular weight is 306 g/mol. The maximum Gasteiger partial charge on any atom is 0.00607 e. The van der Waals surface area contributed by atoms with Gasteiger partial charge in [-0.1, -0.05) is 92.9 Å².